The van der Waals surface area contributed by atoms with Gasteiger partial charge in [0.05, 0.1) is 16.8 Å². The average molecular weight is 306 g/mol. The fourth-order valence-corrected chi connectivity index (χ4v) is 4.33. The van der Waals surface area contributed by atoms with Crippen LogP contribution in [0.4, 0.5) is 0 Å². The summed E-state index contributed by atoms with van der Waals surface area (Å²) in [6.07, 6.45) is 1.53. The molecule has 1 aromatic rings. The van der Waals surface area contributed by atoms with Crippen molar-refractivity contribution in [3.63, 3.8) is 0 Å². The van der Waals surface area contributed by atoms with Crippen LogP contribution >= 0.6 is 15.9 Å². The maximum absolute atomic E-state index is 12.0. The van der Waals surface area contributed by atoms with E-state index in [-0.39, 0.29) is 11.9 Å². The van der Waals surface area contributed by atoms with Crippen LogP contribution in [-0.4, -0.2) is 13.7 Å². The van der Waals surface area contributed by atoms with Gasteiger partial charge in [-0.3, -0.25) is 4.84 Å². The van der Waals surface area contributed by atoms with Gasteiger partial charge in [0.15, 0.2) is 9.84 Å². The molecule has 4 nitrogen and oxygen atoms in total. The first-order valence-electron chi connectivity index (χ1n) is 4.89. The Labute approximate surface area is 103 Å². The molecule has 1 aliphatic rings. The number of sulfone groups is 1. The highest BCUT2D eigenvalue weighted by atomic mass is 79.9. The van der Waals surface area contributed by atoms with Crippen LogP contribution in [0.25, 0.3) is 0 Å². The number of nitrogens with two attached hydrogens (primary N) is 1. The summed E-state index contributed by atoms with van der Waals surface area (Å²) >= 11 is 3.27. The first-order chi connectivity index (χ1) is 7.55. The topological polar surface area (TPSA) is 69.4 Å². The van der Waals surface area contributed by atoms with Crippen LogP contribution in [0.15, 0.2) is 27.6 Å². The number of hydrogen-bond acceptors (Lipinski definition) is 4. The Bertz CT molecular complexity index is 497. The van der Waals surface area contributed by atoms with E-state index in [9.17, 15) is 8.42 Å². The molecule has 0 bridgehead atoms. The Morgan fingerprint density at radius 1 is 1.44 bits per heavy atom. The van der Waals surface area contributed by atoms with Crippen LogP contribution in [-0.2, 0) is 21.3 Å². The Kier molecular flexibility index (Phi) is 3.34. The van der Waals surface area contributed by atoms with E-state index >= 15 is 0 Å². The molecule has 0 aliphatic heterocycles. The SMILES string of the molecule is NOCc1ccc(S(=O)(=O)C2CC2)c(Br)c1. The van der Waals surface area contributed by atoms with Crippen LogP contribution in [0.5, 0.6) is 0 Å². The van der Waals surface area contributed by atoms with Gasteiger partial charge < -0.3 is 0 Å². The first kappa shape index (κ1) is 12.0. The van der Waals surface area contributed by atoms with Gasteiger partial charge >= 0.3 is 0 Å². The van der Waals surface area contributed by atoms with Gasteiger partial charge in [-0.2, -0.15) is 0 Å². The lowest BCUT2D eigenvalue weighted by molar-refractivity contribution is 0.124. The van der Waals surface area contributed by atoms with Crippen molar-refractivity contribution in [2.45, 2.75) is 29.6 Å². The molecule has 6 heteroatoms. The number of rotatable bonds is 4. The molecule has 1 aromatic carbocycles. The van der Waals surface area contributed by atoms with E-state index in [4.69, 9.17) is 5.90 Å². The molecule has 16 heavy (non-hydrogen) atoms. The normalized spacial score (nSPS) is 16.4. The second-order valence-corrected chi connectivity index (χ2v) is 6.87. The lowest BCUT2D eigenvalue weighted by Crippen LogP contribution is -2.08. The highest BCUT2D eigenvalue weighted by Crippen LogP contribution is 2.36. The molecular formula is C10H12BrNO3S. The van der Waals surface area contributed by atoms with E-state index < -0.39 is 9.84 Å². The minimum atomic E-state index is -3.15. The van der Waals surface area contributed by atoms with Gasteiger partial charge in [-0.1, -0.05) is 6.07 Å². The summed E-state index contributed by atoms with van der Waals surface area (Å²) in [5.41, 5.74) is 0.837. The summed E-state index contributed by atoms with van der Waals surface area (Å²) in [6, 6.07) is 5.04. The number of benzene rings is 1. The molecule has 88 valence electrons. The van der Waals surface area contributed by atoms with Crippen molar-refractivity contribution in [3.05, 3.63) is 28.2 Å². The van der Waals surface area contributed by atoms with E-state index in [1.54, 1.807) is 18.2 Å². The Balaban J connectivity index is 2.36. The molecule has 0 saturated heterocycles. The van der Waals surface area contributed by atoms with Crippen molar-refractivity contribution >= 4 is 25.8 Å². The minimum Gasteiger partial charge on any atom is -0.300 e. The predicted molar refractivity (Wildman–Crippen MR) is 63.3 cm³/mol. The van der Waals surface area contributed by atoms with Crippen molar-refractivity contribution in [2.24, 2.45) is 5.90 Å². The van der Waals surface area contributed by atoms with Crippen LogP contribution in [0.1, 0.15) is 18.4 Å². The van der Waals surface area contributed by atoms with Crippen LogP contribution < -0.4 is 5.90 Å². The first-order valence-corrected chi connectivity index (χ1v) is 7.23. The predicted octanol–water partition coefficient (Wildman–Crippen LogP) is 1.78. The fourth-order valence-electron chi connectivity index (χ4n) is 1.52. The quantitative estimate of drug-likeness (QED) is 0.861. The second kappa shape index (κ2) is 4.44. The lowest BCUT2D eigenvalue weighted by Gasteiger charge is -2.07. The smallest absolute Gasteiger partial charge is 0.182 e. The van der Waals surface area contributed by atoms with Crippen molar-refractivity contribution in [1.82, 2.24) is 0 Å². The summed E-state index contributed by atoms with van der Waals surface area (Å²) in [5, 5.41) is -0.194. The van der Waals surface area contributed by atoms with E-state index in [2.05, 4.69) is 20.8 Å². The molecule has 1 saturated carbocycles. The molecule has 0 heterocycles. The Morgan fingerprint density at radius 3 is 2.62 bits per heavy atom. The molecule has 0 unspecified atom stereocenters. The van der Waals surface area contributed by atoms with E-state index in [0.29, 0.717) is 9.37 Å². The van der Waals surface area contributed by atoms with Gasteiger partial charge in [0.1, 0.15) is 0 Å². The van der Waals surface area contributed by atoms with Gasteiger partial charge in [0, 0.05) is 4.47 Å². The van der Waals surface area contributed by atoms with Gasteiger partial charge in [0.2, 0.25) is 0 Å². The molecule has 0 aromatic heterocycles. The van der Waals surface area contributed by atoms with Crippen LogP contribution in [0, 0.1) is 0 Å². The van der Waals surface area contributed by atoms with Crippen LogP contribution in [0.3, 0.4) is 0 Å². The molecule has 1 fully saturated rings. The highest BCUT2D eigenvalue weighted by molar-refractivity contribution is 9.10. The Morgan fingerprint density at radius 2 is 2.12 bits per heavy atom. The van der Waals surface area contributed by atoms with Crippen molar-refractivity contribution in [2.75, 3.05) is 0 Å². The maximum atomic E-state index is 12.0. The summed E-state index contributed by atoms with van der Waals surface area (Å²) < 4.78 is 24.6. The molecule has 0 atom stereocenters. The highest BCUT2D eigenvalue weighted by Gasteiger charge is 2.37. The third kappa shape index (κ3) is 2.29. The molecule has 1 aliphatic carbocycles. The van der Waals surface area contributed by atoms with Gasteiger partial charge in [0.25, 0.3) is 0 Å². The monoisotopic (exact) mass is 305 g/mol. The molecule has 0 radical (unpaired) electrons. The largest absolute Gasteiger partial charge is 0.300 e. The zero-order valence-corrected chi connectivity index (χ0v) is 10.9. The zero-order chi connectivity index (χ0) is 11.8. The third-order valence-corrected chi connectivity index (χ3v) is 5.75. The average Bonchev–Trinajstić information content (AvgIpc) is 3.00. The molecule has 2 rings (SSSR count). The van der Waals surface area contributed by atoms with Gasteiger partial charge in [-0.15, -0.1) is 0 Å². The summed E-state index contributed by atoms with van der Waals surface area (Å²) in [6.45, 7) is 0.266. The summed E-state index contributed by atoms with van der Waals surface area (Å²) in [4.78, 5) is 4.86. The lowest BCUT2D eigenvalue weighted by atomic mass is 10.2. The third-order valence-electron chi connectivity index (χ3n) is 2.52. The second-order valence-electron chi connectivity index (χ2n) is 3.82. The van der Waals surface area contributed by atoms with Gasteiger partial charge in [-0.25, -0.2) is 14.3 Å². The zero-order valence-electron chi connectivity index (χ0n) is 8.52. The van der Waals surface area contributed by atoms with Crippen molar-refractivity contribution in [1.29, 1.82) is 0 Å². The molecule has 2 N–H and O–H groups in total. The molecule has 0 amide bonds. The molecular weight excluding hydrogens is 294 g/mol. The van der Waals surface area contributed by atoms with Crippen molar-refractivity contribution in [3.8, 4) is 0 Å². The summed E-state index contributed by atoms with van der Waals surface area (Å²) in [7, 11) is -3.15. The van der Waals surface area contributed by atoms with Crippen LogP contribution in [0.2, 0.25) is 0 Å². The fraction of sp³-hybridized carbons (Fsp3) is 0.400. The number of hydrogen-bond donors (Lipinski definition) is 1. The number of halogens is 1. The Hall–Kier alpha value is -0.430. The minimum absolute atomic E-state index is 0.194. The standard InChI is InChI=1S/C10H12BrNO3S/c11-9-5-7(6-15-12)1-4-10(9)16(13,14)8-2-3-8/h1,4-5,8H,2-3,6,12H2. The maximum Gasteiger partial charge on any atom is 0.182 e. The van der Waals surface area contributed by atoms with E-state index in [1.165, 1.54) is 0 Å². The van der Waals surface area contributed by atoms with Crippen molar-refractivity contribution < 1.29 is 13.3 Å². The van der Waals surface area contributed by atoms with E-state index in [0.717, 1.165) is 18.4 Å². The van der Waals surface area contributed by atoms with Gasteiger partial charge in [-0.05, 0) is 46.5 Å². The van der Waals surface area contributed by atoms with E-state index in [1.807, 2.05) is 0 Å². The molecule has 0 spiro atoms. The summed E-state index contributed by atoms with van der Waals surface area (Å²) in [5.74, 6) is 4.96.